The third kappa shape index (κ3) is 3.86. The predicted octanol–water partition coefficient (Wildman–Crippen LogP) is 3.44. The average molecular weight is 355 g/mol. The summed E-state index contributed by atoms with van der Waals surface area (Å²) in [5.41, 5.74) is 0.522. The van der Waals surface area contributed by atoms with E-state index < -0.39 is 17.5 Å². The van der Waals surface area contributed by atoms with Crippen molar-refractivity contribution in [3.63, 3.8) is 0 Å². The van der Waals surface area contributed by atoms with Gasteiger partial charge in [-0.1, -0.05) is 11.6 Å². The maximum Gasteiger partial charge on any atom is 0.243 e. The van der Waals surface area contributed by atoms with Gasteiger partial charge in [0.1, 0.15) is 24.8 Å². The van der Waals surface area contributed by atoms with Crippen LogP contribution in [0.1, 0.15) is 0 Å². The van der Waals surface area contributed by atoms with E-state index in [1.54, 1.807) is 12.1 Å². The fourth-order valence-corrected chi connectivity index (χ4v) is 2.39. The van der Waals surface area contributed by atoms with E-state index in [1.165, 1.54) is 0 Å². The van der Waals surface area contributed by atoms with Crippen LogP contribution in [0.3, 0.4) is 0 Å². The Balaban J connectivity index is 1.64. The van der Waals surface area contributed by atoms with Crippen LogP contribution < -0.4 is 20.1 Å². The number of halogens is 3. The molecule has 0 radical (unpaired) electrons. The minimum atomic E-state index is -0.729. The number of anilines is 2. The minimum Gasteiger partial charge on any atom is -0.486 e. The lowest BCUT2D eigenvalue weighted by atomic mass is 10.2. The summed E-state index contributed by atoms with van der Waals surface area (Å²) in [7, 11) is 0. The van der Waals surface area contributed by atoms with Gasteiger partial charge in [0.05, 0.1) is 17.3 Å². The molecule has 1 amide bonds. The first kappa shape index (κ1) is 16.3. The van der Waals surface area contributed by atoms with Crippen molar-refractivity contribution in [1.29, 1.82) is 0 Å². The van der Waals surface area contributed by atoms with Crippen LogP contribution in [-0.2, 0) is 4.79 Å². The molecular weight excluding hydrogens is 342 g/mol. The summed E-state index contributed by atoms with van der Waals surface area (Å²) < 4.78 is 37.0. The van der Waals surface area contributed by atoms with Gasteiger partial charge in [-0.15, -0.1) is 0 Å². The third-order valence-corrected chi connectivity index (χ3v) is 3.53. The lowest BCUT2D eigenvalue weighted by Crippen LogP contribution is -2.22. The van der Waals surface area contributed by atoms with Gasteiger partial charge in [-0.05, 0) is 12.1 Å². The average Bonchev–Trinajstić information content (AvgIpc) is 2.53. The van der Waals surface area contributed by atoms with E-state index in [1.807, 2.05) is 0 Å². The topological polar surface area (TPSA) is 59.6 Å². The van der Waals surface area contributed by atoms with E-state index in [0.717, 1.165) is 18.2 Å². The number of nitrogens with one attached hydrogen (secondary N) is 2. The quantitative estimate of drug-likeness (QED) is 0.883. The first-order valence-electron chi connectivity index (χ1n) is 7.10. The Kier molecular flexibility index (Phi) is 4.71. The molecule has 5 nitrogen and oxygen atoms in total. The molecule has 0 fully saturated rings. The van der Waals surface area contributed by atoms with Crippen LogP contribution in [-0.4, -0.2) is 25.7 Å². The van der Waals surface area contributed by atoms with Crippen molar-refractivity contribution in [2.24, 2.45) is 0 Å². The Hall–Kier alpha value is -2.54. The Labute approximate surface area is 141 Å². The first-order valence-corrected chi connectivity index (χ1v) is 7.48. The minimum absolute atomic E-state index is 0.163. The second kappa shape index (κ2) is 6.92. The van der Waals surface area contributed by atoms with Gasteiger partial charge < -0.3 is 20.1 Å². The fraction of sp³-hybridized carbons (Fsp3) is 0.188. The molecule has 0 saturated carbocycles. The lowest BCUT2D eigenvalue weighted by molar-refractivity contribution is -0.114. The van der Waals surface area contributed by atoms with Gasteiger partial charge >= 0.3 is 0 Å². The summed E-state index contributed by atoms with van der Waals surface area (Å²) in [5.74, 6) is -0.891. The molecule has 2 aromatic rings. The lowest BCUT2D eigenvalue weighted by Gasteiger charge is -2.20. The highest BCUT2D eigenvalue weighted by atomic mass is 35.5. The van der Waals surface area contributed by atoms with E-state index in [2.05, 4.69) is 10.6 Å². The highest BCUT2D eigenvalue weighted by Gasteiger charge is 2.16. The third-order valence-electron chi connectivity index (χ3n) is 3.22. The number of amides is 1. The number of benzene rings is 2. The summed E-state index contributed by atoms with van der Waals surface area (Å²) in [6, 6.07) is 6.05. The predicted molar refractivity (Wildman–Crippen MR) is 85.9 cm³/mol. The van der Waals surface area contributed by atoms with E-state index in [9.17, 15) is 13.6 Å². The molecule has 3 rings (SSSR count). The highest BCUT2D eigenvalue weighted by molar-refractivity contribution is 6.34. The molecule has 2 aromatic carbocycles. The molecule has 0 aromatic heterocycles. The molecule has 0 spiro atoms. The summed E-state index contributed by atoms with van der Waals surface area (Å²) in [6.45, 7) is 0.658. The second-order valence-electron chi connectivity index (χ2n) is 5.04. The number of hydrogen-bond donors (Lipinski definition) is 2. The molecule has 0 unspecified atom stereocenters. The van der Waals surface area contributed by atoms with Gasteiger partial charge in [-0.2, -0.15) is 0 Å². The van der Waals surface area contributed by atoms with Crippen molar-refractivity contribution in [3.05, 3.63) is 47.0 Å². The maximum absolute atomic E-state index is 13.1. The van der Waals surface area contributed by atoms with Gasteiger partial charge in [0, 0.05) is 23.9 Å². The van der Waals surface area contributed by atoms with Gasteiger partial charge in [0.2, 0.25) is 5.91 Å². The van der Waals surface area contributed by atoms with E-state index in [-0.39, 0.29) is 12.2 Å². The molecule has 1 aliphatic rings. The molecule has 8 heteroatoms. The molecule has 1 heterocycles. The van der Waals surface area contributed by atoms with Crippen LogP contribution in [0.15, 0.2) is 30.3 Å². The molecular formula is C16H13ClF2N2O3. The van der Waals surface area contributed by atoms with Gasteiger partial charge in [-0.3, -0.25) is 4.79 Å². The molecule has 0 saturated heterocycles. The molecule has 0 aliphatic carbocycles. The number of ether oxygens (including phenoxy) is 2. The number of rotatable bonds is 4. The van der Waals surface area contributed by atoms with Crippen molar-refractivity contribution >= 4 is 28.9 Å². The number of carbonyl (C=O) groups excluding carboxylic acids is 1. The van der Waals surface area contributed by atoms with E-state index in [4.69, 9.17) is 21.1 Å². The largest absolute Gasteiger partial charge is 0.486 e. The Morgan fingerprint density at radius 1 is 1.04 bits per heavy atom. The van der Waals surface area contributed by atoms with Crippen LogP contribution in [0.25, 0.3) is 0 Å². The zero-order valence-corrected chi connectivity index (χ0v) is 13.1. The van der Waals surface area contributed by atoms with E-state index >= 15 is 0 Å². The smallest absolute Gasteiger partial charge is 0.243 e. The molecule has 126 valence electrons. The van der Waals surface area contributed by atoms with Crippen molar-refractivity contribution in [2.45, 2.75) is 0 Å². The van der Waals surface area contributed by atoms with Crippen molar-refractivity contribution in [1.82, 2.24) is 0 Å². The van der Waals surface area contributed by atoms with E-state index in [0.29, 0.717) is 35.4 Å². The summed E-state index contributed by atoms with van der Waals surface area (Å²) in [5, 5.41) is 5.54. The van der Waals surface area contributed by atoms with Gasteiger partial charge in [-0.25, -0.2) is 8.78 Å². The number of hydrogen-bond acceptors (Lipinski definition) is 4. The molecule has 0 bridgehead atoms. The van der Waals surface area contributed by atoms with Crippen molar-refractivity contribution < 1.29 is 23.0 Å². The fourth-order valence-electron chi connectivity index (χ4n) is 2.19. The highest BCUT2D eigenvalue weighted by Crippen LogP contribution is 2.37. The zero-order valence-electron chi connectivity index (χ0n) is 12.4. The summed E-state index contributed by atoms with van der Waals surface area (Å²) in [6.07, 6.45) is 0. The molecule has 24 heavy (non-hydrogen) atoms. The van der Waals surface area contributed by atoms with Gasteiger partial charge in [0.15, 0.2) is 11.5 Å². The standard InChI is InChI=1S/C16H13ClF2N2O3/c17-12-6-14-15(24-2-1-23-14)7-13(12)21-16(22)8-20-11-4-9(18)3-10(19)5-11/h3-7,20H,1-2,8H2,(H,21,22). The zero-order chi connectivity index (χ0) is 17.1. The molecule has 2 N–H and O–H groups in total. The maximum atomic E-state index is 13.1. The van der Waals surface area contributed by atoms with Crippen LogP contribution in [0.4, 0.5) is 20.2 Å². The van der Waals surface area contributed by atoms with Crippen molar-refractivity contribution in [2.75, 3.05) is 30.4 Å². The molecule has 1 aliphatic heterocycles. The van der Waals surface area contributed by atoms with Crippen LogP contribution in [0.5, 0.6) is 11.5 Å². The van der Waals surface area contributed by atoms with Gasteiger partial charge in [0.25, 0.3) is 0 Å². The van der Waals surface area contributed by atoms with Crippen LogP contribution >= 0.6 is 11.6 Å². The van der Waals surface area contributed by atoms with Crippen molar-refractivity contribution in [3.8, 4) is 11.5 Å². The SMILES string of the molecule is O=C(CNc1cc(F)cc(F)c1)Nc1cc2c(cc1Cl)OCCO2. The van der Waals surface area contributed by atoms with Crippen LogP contribution in [0.2, 0.25) is 5.02 Å². The second-order valence-corrected chi connectivity index (χ2v) is 5.44. The Morgan fingerprint density at radius 2 is 1.67 bits per heavy atom. The Bertz CT molecular complexity index is 766. The Morgan fingerprint density at radius 3 is 2.33 bits per heavy atom. The van der Waals surface area contributed by atoms with Crippen LogP contribution in [0, 0.1) is 11.6 Å². The normalized spacial score (nSPS) is 12.6. The monoisotopic (exact) mass is 354 g/mol. The summed E-state index contributed by atoms with van der Waals surface area (Å²) in [4.78, 5) is 12.0. The molecule has 0 atom stereocenters. The summed E-state index contributed by atoms with van der Waals surface area (Å²) >= 11 is 6.09. The number of carbonyl (C=O) groups is 1. The first-order chi connectivity index (χ1) is 11.5. The number of fused-ring (bicyclic) bond motifs is 1.